The summed E-state index contributed by atoms with van der Waals surface area (Å²) in [7, 11) is 0. The first-order valence-electron chi connectivity index (χ1n) is 8.18. The van der Waals surface area contributed by atoms with Gasteiger partial charge in [0.1, 0.15) is 10.8 Å². The molecular weight excluding hydrogens is 347 g/mol. The second-order valence-corrected chi connectivity index (χ2v) is 6.88. The number of fused-ring (bicyclic) bond motifs is 1. The van der Waals surface area contributed by atoms with Crippen LogP contribution >= 0.6 is 11.3 Å². The Morgan fingerprint density at radius 1 is 1.00 bits per heavy atom. The van der Waals surface area contributed by atoms with Gasteiger partial charge in [0.15, 0.2) is 5.78 Å². The summed E-state index contributed by atoms with van der Waals surface area (Å²) in [5, 5.41) is 4.08. The second-order valence-electron chi connectivity index (χ2n) is 5.85. The number of hydrogen-bond acceptors (Lipinski definition) is 4. The predicted molar refractivity (Wildman–Crippen MR) is 104 cm³/mol. The minimum atomic E-state index is -0.349. The highest BCUT2D eigenvalue weighted by Gasteiger charge is 2.08. The van der Waals surface area contributed by atoms with Crippen molar-refractivity contribution in [3.63, 3.8) is 0 Å². The standard InChI is InChI=1S/C21H15FN2OS/c22-16-10-8-14(9-11-16)19(25)13-23-17-5-3-4-15(12-17)21-24-18-6-1-2-7-20(18)26-21/h1-12,23H,13H2. The van der Waals surface area contributed by atoms with Gasteiger partial charge in [-0.2, -0.15) is 0 Å². The molecule has 4 rings (SSSR count). The fourth-order valence-corrected chi connectivity index (χ4v) is 3.64. The fraction of sp³-hybridized carbons (Fsp3) is 0.0476. The van der Waals surface area contributed by atoms with Crippen LogP contribution in [0.2, 0.25) is 0 Å². The topological polar surface area (TPSA) is 42.0 Å². The molecule has 0 fully saturated rings. The molecule has 128 valence electrons. The highest BCUT2D eigenvalue weighted by molar-refractivity contribution is 7.21. The number of benzene rings is 3. The molecule has 4 aromatic rings. The Bertz CT molecular complexity index is 1040. The molecule has 0 unspecified atom stereocenters. The van der Waals surface area contributed by atoms with Crippen molar-refractivity contribution in [2.24, 2.45) is 0 Å². The molecule has 0 aliphatic rings. The van der Waals surface area contributed by atoms with E-state index in [2.05, 4.69) is 16.4 Å². The van der Waals surface area contributed by atoms with Crippen LogP contribution in [-0.4, -0.2) is 17.3 Å². The van der Waals surface area contributed by atoms with E-state index in [1.807, 2.05) is 42.5 Å². The lowest BCUT2D eigenvalue weighted by atomic mass is 10.1. The van der Waals surface area contributed by atoms with Crippen molar-refractivity contribution < 1.29 is 9.18 Å². The number of rotatable bonds is 5. The molecule has 0 spiro atoms. The Morgan fingerprint density at radius 3 is 2.62 bits per heavy atom. The summed E-state index contributed by atoms with van der Waals surface area (Å²) >= 11 is 1.64. The summed E-state index contributed by atoms with van der Waals surface area (Å²) in [6.45, 7) is 0.148. The first-order valence-corrected chi connectivity index (χ1v) is 8.99. The third-order valence-corrected chi connectivity index (χ3v) is 5.11. The molecule has 1 N–H and O–H groups in total. The summed E-state index contributed by atoms with van der Waals surface area (Å²) in [5.74, 6) is -0.437. The lowest BCUT2D eigenvalue weighted by Gasteiger charge is -2.07. The highest BCUT2D eigenvalue weighted by Crippen LogP contribution is 2.31. The second kappa shape index (κ2) is 7.06. The Balaban J connectivity index is 1.50. The van der Waals surface area contributed by atoms with E-state index >= 15 is 0 Å². The summed E-state index contributed by atoms with van der Waals surface area (Å²) < 4.78 is 14.1. The van der Waals surface area contributed by atoms with Gasteiger partial charge in [0, 0.05) is 16.8 Å². The normalized spacial score (nSPS) is 10.8. The first-order chi connectivity index (χ1) is 12.7. The number of anilines is 1. The Hall–Kier alpha value is -3.05. The number of thiazole rings is 1. The molecule has 0 saturated carbocycles. The predicted octanol–water partition coefficient (Wildman–Crippen LogP) is 5.40. The van der Waals surface area contributed by atoms with E-state index in [1.165, 1.54) is 24.3 Å². The van der Waals surface area contributed by atoms with Crippen molar-refractivity contribution in [2.45, 2.75) is 0 Å². The van der Waals surface area contributed by atoms with Crippen molar-refractivity contribution >= 4 is 33.0 Å². The molecule has 1 heterocycles. The number of nitrogens with one attached hydrogen (secondary N) is 1. The van der Waals surface area contributed by atoms with Gasteiger partial charge in [-0.25, -0.2) is 9.37 Å². The number of carbonyl (C=O) groups is 1. The Labute approximate surface area is 154 Å². The number of para-hydroxylation sites is 1. The number of ketones is 1. The molecule has 0 bridgehead atoms. The Morgan fingerprint density at radius 2 is 1.81 bits per heavy atom. The van der Waals surface area contributed by atoms with Gasteiger partial charge in [0.2, 0.25) is 0 Å². The van der Waals surface area contributed by atoms with Gasteiger partial charge >= 0.3 is 0 Å². The van der Waals surface area contributed by atoms with E-state index in [4.69, 9.17) is 0 Å². The molecule has 0 radical (unpaired) electrons. The van der Waals surface area contributed by atoms with Crippen LogP contribution in [0.15, 0.2) is 72.8 Å². The zero-order valence-corrected chi connectivity index (χ0v) is 14.6. The highest BCUT2D eigenvalue weighted by atomic mass is 32.1. The third-order valence-electron chi connectivity index (χ3n) is 4.02. The monoisotopic (exact) mass is 362 g/mol. The number of carbonyl (C=O) groups excluding carboxylic acids is 1. The molecule has 26 heavy (non-hydrogen) atoms. The molecule has 5 heteroatoms. The number of aromatic nitrogens is 1. The van der Waals surface area contributed by atoms with Crippen LogP contribution in [-0.2, 0) is 0 Å². The maximum absolute atomic E-state index is 13.0. The number of hydrogen-bond donors (Lipinski definition) is 1. The summed E-state index contributed by atoms with van der Waals surface area (Å²) in [4.78, 5) is 16.9. The fourth-order valence-electron chi connectivity index (χ4n) is 2.68. The van der Waals surface area contributed by atoms with E-state index in [-0.39, 0.29) is 18.1 Å². The van der Waals surface area contributed by atoms with Crippen LogP contribution in [0.25, 0.3) is 20.8 Å². The van der Waals surface area contributed by atoms with E-state index < -0.39 is 0 Å². The van der Waals surface area contributed by atoms with Crippen molar-refractivity contribution in [2.75, 3.05) is 11.9 Å². The van der Waals surface area contributed by atoms with Crippen LogP contribution < -0.4 is 5.32 Å². The van der Waals surface area contributed by atoms with Gasteiger partial charge in [-0.1, -0.05) is 24.3 Å². The quantitative estimate of drug-likeness (QED) is 0.484. The maximum atomic E-state index is 13.0. The van der Waals surface area contributed by atoms with E-state index in [9.17, 15) is 9.18 Å². The zero-order chi connectivity index (χ0) is 17.9. The average molecular weight is 362 g/mol. The van der Waals surface area contributed by atoms with Crippen LogP contribution in [0.4, 0.5) is 10.1 Å². The molecule has 0 aliphatic carbocycles. The molecule has 0 aliphatic heterocycles. The zero-order valence-electron chi connectivity index (χ0n) is 13.8. The first kappa shape index (κ1) is 16.4. The molecule has 1 aromatic heterocycles. The van der Waals surface area contributed by atoms with Crippen LogP contribution in [0.5, 0.6) is 0 Å². The van der Waals surface area contributed by atoms with Crippen molar-refractivity contribution in [1.82, 2.24) is 4.98 Å². The van der Waals surface area contributed by atoms with Gasteiger partial charge in [-0.3, -0.25) is 4.79 Å². The van der Waals surface area contributed by atoms with Crippen LogP contribution in [0.3, 0.4) is 0 Å². The Kier molecular flexibility index (Phi) is 4.46. The maximum Gasteiger partial charge on any atom is 0.181 e. The molecule has 3 aromatic carbocycles. The lowest BCUT2D eigenvalue weighted by molar-refractivity contribution is 0.101. The van der Waals surface area contributed by atoms with Crippen LogP contribution in [0.1, 0.15) is 10.4 Å². The summed E-state index contributed by atoms with van der Waals surface area (Å²) in [6.07, 6.45) is 0. The van der Waals surface area contributed by atoms with E-state index in [0.29, 0.717) is 5.56 Å². The third kappa shape index (κ3) is 3.48. The average Bonchev–Trinajstić information content (AvgIpc) is 3.11. The molecular formula is C21H15FN2OS. The van der Waals surface area contributed by atoms with E-state index in [0.717, 1.165) is 26.5 Å². The number of halogens is 1. The molecule has 0 saturated heterocycles. The SMILES string of the molecule is O=C(CNc1cccc(-c2nc3ccccc3s2)c1)c1ccc(F)cc1. The molecule has 0 amide bonds. The van der Waals surface area contributed by atoms with Gasteiger partial charge in [0.05, 0.1) is 16.8 Å². The van der Waals surface area contributed by atoms with Gasteiger partial charge in [-0.05, 0) is 48.5 Å². The van der Waals surface area contributed by atoms with Crippen molar-refractivity contribution in [3.8, 4) is 10.6 Å². The molecule has 0 atom stereocenters. The van der Waals surface area contributed by atoms with E-state index in [1.54, 1.807) is 11.3 Å². The van der Waals surface area contributed by atoms with Gasteiger partial charge < -0.3 is 5.32 Å². The number of Topliss-reactive ketones (excluding diaryl/α,β-unsaturated/α-hetero) is 1. The lowest BCUT2D eigenvalue weighted by Crippen LogP contribution is -2.13. The smallest absolute Gasteiger partial charge is 0.181 e. The van der Waals surface area contributed by atoms with Crippen molar-refractivity contribution in [1.29, 1.82) is 0 Å². The van der Waals surface area contributed by atoms with Gasteiger partial charge in [-0.15, -0.1) is 11.3 Å². The summed E-state index contributed by atoms with van der Waals surface area (Å²) in [6, 6.07) is 21.4. The van der Waals surface area contributed by atoms with Crippen molar-refractivity contribution in [3.05, 3.63) is 84.2 Å². The van der Waals surface area contributed by atoms with Gasteiger partial charge in [0.25, 0.3) is 0 Å². The molecule has 3 nitrogen and oxygen atoms in total. The van der Waals surface area contributed by atoms with Crippen LogP contribution in [0, 0.1) is 5.82 Å². The summed E-state index contributed by atoms with van der Waals surface area (Å²) in [5.41, 5.74) is 3.32. The largest absolute Gasteiger partial charge is 0.378 e. The number of nitrogens with zero attached hydrogens (tertiary/aromatic N) is 1. The minimum Gasteiger partial charge on any atom is -0.378 e. The minimum absolute atomic E-state index is 0.0876.